The Labute approximate surface area is 116 Å². The minimum Gasteiger partial charge on any atom is -0.476 e. The van der Waals surface area contributed by atoms with E-state index in [0.717, 1.165) is 4.47 Å². The van der Waals surface area contributed by atoms with Gasteiger partial charge in [0.15, 0.2) is 11.5 Å². The first-order chi connectivity index (χ1) is 9.10. The van der Waals surface area contributed by atoms with E-state index in [1.54, 1.807) is 18.2 Å². The number of aromatic carboxylic acids is 1. The predicted molar refractivity (Wildman–Crippen MR) is 71.1 cm³/mol. The van der Waals surface area contributed by atoms with Gasteiger partial charge in [0.2, 0.25) is 0 Å². The molecule has 19 heavy (non-hydrogen) atoms. The van der Waals surface area contributed by atoms with Crippen molar-refractivity contribution in [1.29, 1.82) is 5.26 Å². The summed E-state index contributed by atoms with van der Waals surface area (Å²) in [6.07, 6.45) is 0. The average Bonchev–Trinajstić information content (AvgIpc) is 2.39. The lowest BCUT2D eigenvalue weighted by molar-refractivity contribution is 0.0689. The lowest BCUT2D eigenvalue weighted by atomic mass is 10.2. The molecule has 0 radical (unpaired) electrons. The van der Waals surface area contributed by atoms with E-state index in [2.05, 4.69) is 31.4 Å². The number of carboxylic acid groups (broad SMARTS) is 1. The second kappa shape index (κ2) is 5.46. The normalized spacial score (nSPS) is 9.68. The number of anilines is 2. The van der Waals surface area contributed by atoms with Crippen molar-refractivity contribution in [2.75, 3.05) is 5.32 Å². The number of halogens is 1. The SMILES string of the molecule is N#Cc1ccc(Br)cc1Nc1ccc(C(=O)O)nn1. The molecule has 2 N–H and O–H groups in total. The predicted octanol–water partition coefficient (Wildman–Crippen LogP) is 2.55. The summed E-state index contributed by atoms with van der Waals surface area (Å²) < 4.78 is 0.809. The first-order valence-corrected chi connectivity index (χ1v) is 5.93. The maximum absolute atomic E-state index is 10.6. The number of nitrogens with zero attached hydrogens (tertiary/aromatic N) is 3. The van der Waals surface area contributed by atoms with E-state index in [0.29, 0.717) is 17.1 Å². The fourth-order valence-electron chi connectivity index (χ4n) is 1.37. The summed E-state index contributed by atoms with van der Waals surface area (Å²) in [5.41, 5.74) is 0.877. The number of hydrogen-bond acceptors (Lipinski definition) is 5. The van der Waals surface area contributed by atoms with E-state index >= 15 is 0 Å². The molecule has 0 saturated heterocycles. The third-order valence-corrected chi connectivity index (χ3v) is 2.74. The van der Waals surface area contributed by atoms with Gasteiger partial charge in [0.05, 0.1) is 11.3 Å². The minimum atomic E-state index is -1.14. The molecule has 1 heterocycles. The molecule has 6 nitrogen and oxygen atoms in total. The van der Waals surface area contributed by atoms with Crippen molar-refractivity contribution in [2.45, 2.75) is 0 Å². The third kappa shape index (κ3) is 3.05. The number of carbonyl (C=O) groups is 1. The molecule has 0 fully saturated rings. The Morgan fingerprint density at radius 3 is 2.68 bits per heavy atom. The van der Waals surface area contributed by atoms with Crippen molar-refractivity contribution in [3.05, 3.63) is 46.1 Å². The molecule has 2 rings (SSSR count). The highest BCUT2D eigenvalue weighted by Gasteiger charge is 2.07. The van der Waals surface area contributed by atoms with Crippen LogP contribution >= 0.6 is 15.9 Å². The molecule has 0 unspecified atom stereocenters. The van der Waals surface area contributed by atoms with Gasteiger partial charge in [-0.2, -0.15) is 5.26 Å². The van der Waals surface area contributed by atoms with Crippen LogP contribution in [0.15, 0.2) is 34.8 Å². The molecule has 0 aliphatic rings. The summed E-state index contributed by atoms with van der Waals surface area (Å²) in [5, 5.41) is 27.9. The molecule has 0 aliphatic heterocycles. The zero-order chi connectivity index (χ0) is 13.8. The molecular formula is C12H7BrN4O2. The van der Waals surface area contributed by atoms with E-state index in [1.165, 1.54) is 12.1 Å². The van der Waals surface area contributed by atoms with Crippen molar-refractivity contribution >= 4 is 33.4 Å². The highest BCUT2D eigenvalue weighted by atomic mass is 79.9. The quantitative estimate of drug-likeness (QED) is 0.902. The van der Waals surface area contributed by atoms with Gasteiger partial charge in [0.1, 0.15) is 6.07 Å². The second-order valence-electron chi connectivity index (χ2n) is 3.54. The van der Waals surface area contributed by atoms with Gasteiger partial charge >= 0.3 is 5.97 Å². The molecule has 1 aromatic carbocycles. The van der Waals surface area contributed by atoms with Gasteiger partial charge in [0.25, 0.3) is 0 Å². The molecule has 0 atom stereocenters. The molecule has 0 spiro atoms. The second-order valence-corrected chi connectivity index (χ2v) is 4.45. The van der Waals surface area contributed by atoms with Gasteiger partial charge in [-0.25, -0.2) is 4.79 Å². The molecule has 2 aromatic rings. The summed E-state index contributed by atoms with van der Waals surface area (Å²) in [5.74, 6) is -0.779. The van der Waals surface area contributed by atoms with Gasteiger partial charge in [-0.1, -0.05) is 15.9 Å². The third-order valence-electron chi connectivity index (χ3n) is 2.25. The number of carboxylic acids is 1. The number of hydrogen-bond donors (Lipinski definition) is 2. The van der Waals surface area contributed by atoms with Crippen LogP contribution in [0.4, 0.5) is 11.5 Å². The van der Waals surface area contributed by atoms with Gasteiger partial charge in [-0.3, -0.25) is 0 Å². The van der Waals surface area contributed by atoms with E-state index in [-0.39, 0.29) is 5.69 Å². The highest BCUT2D eigenvalue weighted by molar-refractivity contribution is 9.10. The largest absolute Gasteiger partial charge is 0.476 e. The molecule has 1 aromatic heterocycles. The molecule has 0 amide bonds. The maximum atomic E-state index is 10.6. The Morgan fingerprint density at radius 1 is 1.32 bits per heavy atom. The smallest absolute Gasteiger partial charge is 0.356 e. The topological polar surface area (TPSA) is 98.9 Å². The summed E-state index contributed by atoms with van der Waals surface area (Å²) in [6.45, 7) is 0. The van der Waals surface area contributed by atoms with Gasteiger partial charge in [-0.15, -0.1) is 10.2 Å². The van der Waals surface area contributed by atoms with Crippen molar-refractivity contribution in [3.63, 3.8) is 0 Å². The maximum Gasteiger partial charge on any atom is 0.356 e. The number of nitriles is 1. The molecule has 0 bridgehead atoms. The van der Waals surface area contributed by atoms with Crippen LogP contribution in [0.25, 0.3) is 0 Å². The summed E-state index contributed by atoms with van der Waals surface area (Å²) in [6, 6.07) is 10.0. The number of nitrogens with one attached hydrogen (secondary N) is 1. The highest BCUT2D eigenvalue weighted by Crippen LogP contribution is 2.23. The van der Waals surface area contributed by atoms with Crippen LogP contribution < -0.4 is 5.32 Å². The van der Waals surface area contributed by atoms with E-state index < -0.39 is 5.97 Å². The molecule has 94 valence electrons. The molecular weight excluding hydrogens is 312 g/mol. The van der Waals surface area contributed by atoms with Crippen molar-refractivity contribution in [3.8, 4) is 6.07 Å². The van der Waals surface area contributed by atoms with Crippen LogP contribution in [0.3, 0.4) is 0 Å². The van der Waals surface area contributed by atoms with Crippen LogP contribution in [0.1, 0.15) is 16.1 Å². The van der Waals surface area contributed by atoms with Crippen molar-refractivity contribution in [2.24, 2.45) is 0 Å². The van der Waals surface area contributed by atoms with Gasteiger partial charge < -0.3 is 10.4 Å². The molecule has 0 aliphatic carbocycles. The Kier molecular flexibility index (Phi) is 3.73. The Balaban J connectivity index is 2.28. The number of rotatable bonds is 3. The standard InChI is InChI=1S/C12H7BrN4O2/c13-8-2-1-7(6-14)10(5-8)15-11-4-3-9(12(18)19)16-17-11/h1-5H,(H,15,17)(H,18,19). The summed E-state index contributed by atoms with van der Waals surface area (Å²) in [4.78, 5) is 10.6. The lowest BCUT2D eigenvalue weighted by Crippen LogP contribution is -2.04. The van der Waals surface area contributed by atoms with Crippen LogP contribution in [0, 0.1) is 11.3 Å². The first-order valence-electron chi connectivity index (χ1n) is 5.14. The average molecular weight is 319 g/mol. The van der Waals surface area contributed by atoms with Crippen LogP contribution in [-0.2, 0) is 0 Å². The number of aromatic nitrogens is 2. The monoisotopic (exact) mass is 318 g/mol. The van der Waals surface area contributed by atoms with E-state index in [4.69, 9.17) is 10.4 Å². The number of benzene rings is 1. The molecule has 0 saturated carbocycles. The van der Waals surface area contributed by atoms with Gasteiger partial charge in [0, 0.05) is 4.47 Å². The minimum absolute atomic E-state index is 0.139. The van der Waals surface area contributed by atoms with E-state index in [9.17, 15) is 4.79 Å². The Hall–Kier alpha value is -2.46. The zero-order valence-corrected chi connectivity index (χ0v) is 11.0. The Morgan fingerprint density at radius 2 is 2.11 bits per heavy atom. The summed E-state index contributed by atoms with van der Waals surface area (Å²) >= 11 is 3.31. The van der Waals surface area contributed by atoms with Crippen LogP contribution in [0.2, 0.25) is 0 Å². The zero-order valence-electron chi connectivity index (χ0n) is 9.46. The Bertz CT molecular complexity index is 664. The summed E-state index contributed by atoms with van der Waals surface area (Å²) in [7, 11) is 0. The lowest BCUT2D eigenvalue weighted by Gasteiger charge is -2.07. The fraction of sp³-hybridized carbons (Fsp3) is 0. The van der Waals surface area contributed by atoms with Crippen LogP contribution in [0.5, 0.6) is 0 Å². The van der Waals surface area contributed by atoms with Crippen molar-refractivity contribution < 1.29 is 9.90 Å². The van der Waals surface area contributed by atoms with Crippen LogP contribution in [-0.4, -0.2) is 21.3 Å². The van der Waals surface area contributed by atoms with Gasteiger partial charge in [-0.05, 0) is 30.3 Å². The fourth-order valence-corrected chi connectivity index (χ4v) is 1.73. The van der Waals surface area contributed by atoms with E-state index in [1.807, 2.05) is 6.07 Å². The van der Waals surface area contributed by atoms with Crippen molar-refractivity contribution in [1.82, 2.24) is 10.2 Å². The first kappa shape index (κ1) is 13.0. The molecule has 7 heteroatoms.